The van der Waals surface area contributed by atoms with E-state index < -0.39 is 0 Å². The normalized spacial score (nSPS) is 15.8. The van der Waals surface area contributed by atoms with Crippen LogP contribution in [0.4, 0.5) is 0 Å². The predicted molar refractivity (Wildman–Crippen MR) is 100 cm³/mol. The molecule has 0 saturated heterocycles. The van der Waals surface area contributed by atoms with Crippen molar-refractivity contribution in [2.75, 3.05) is 7.11 Å². The Balaban J connectivity index is 1.59. The maximum atomic E-state index is 12.1. The average Bonchev–Trinajstić information content (AvgIpc) is 2.63. The number of ether oxygens (including phenoxy) is 3. The molecule has 4 nitrogen and oxygen atoms in total. The molecule has 0 amide bonds. The van der Waals surface area contributed by atoms with Crippen LogP contribution in [0.1, 0.15) is 37.8 Å². The summed E-state index contributed by atoms with van der Waals surface area (Å²) in [6, 6.07) is 15.6. The van der Waals surface area contributed by atoms with Crippen molar-refractivity contribution in [2.24, 2.45) is 11.3 Å². The summed E-state index contributed by atoms with van der Waals surface area (Å²) in [5.74, 6) is 1.25. The Kier molecular flexibility index (Phi) is 5.50. The number of hydrogen-bond acceptors (Lipinski definition) is 4. The first kappa shape index (κ1) is 18.3. The van der Waals surface area contributed by atoms with Gasteiger partial charge in [0, 0.05) is 0 Å². The molecule has 0 unspecified atom stereocenters. The summed E-state index contributed by atoms with van der Waals surface area (Å²) < 4.78 is 16.8. The first-order chi connectivity index (χ1) is 12.5. The molecule has 0 bridgehead atoms. The van der Waals surface area contributed by atoms with Crippen molar-refractivity contribution < 1.29 is 19.0 Å². The lowest BCUT2D eigenvalue weighted by Crippen LogP contribution is -2.37. The van der Waals surface area contributed by atoms with Gasteiger partial charge in [-0.3, -0.25) is 4.79 Å². The lowest BCUT2D eigenvalue weighted by molar-refractivity contribution is -0.157. The van der Waals surface area contributed by atoms with Gasteiger partial charge in [0.05, 0.1) is 13.0 Å². The van der Waals surface area contributed by atoms with E-state index in [0.717, 1.165) is 24.0 Å². The van der Waals surface area contributed by atoms with Gasteiger partial charge in [-0.05, 0) is 41.5 Å². The highest BCUT2D eigenvalue weighted by Crippen LogP contribution is 2.45. The zero-order chi connectivity index (χ0) is 18.6. The van der Waals surface area contributed by atoms with Crippen LogP contribution in [-0.4, -0.2) is 13.1 Å². The van der Waals surface area contributed by atoms with Crippen molar-refractivity contribution in [2.45, 2.75) is 39.9 Å². The topological polar surface area (TPSA) is 44.8 Å². The summed E-state index contributed by atoms with van der Waals surface area (Å²) in [6.07, 6.45) is 1.81. The van der Waals surface area contributed by atoms with Gasteiger partial charge in [0.25, 0.3) is 0 Å². The Morgan fingerprint density at radius 1 is 1.00 bits per heavy atom. The van der Waals surface area contributed by atoms with Crippen molar-refractivity contribution in [3.63, 3.8) is 0 Å². The van der Waals surface area contributed by atoms with E-state index in [0.29, 0.717) is 18.1 Å². The van der Waals surface area contributed by atoms with Crippen LogP contribution in [0, 0.1) is 11.3 Å². The van der Waals surface area contributed by atoms with Gasteiger partial charge >= 0.3 is 5.97 Å². The molecule has 0 radical (unpaired) electrons. The van der Waals surface area contributed by atoms with Crippen molar-refractivity contribution >= 4 is 5.97 Å². The highest BCUT2D eigenvalue weighted by atomic mass is 16.5. The predicted octanol–water partition coefficient (Wildman–Crippen LogP) is 4.75. The molecule has 26 heavy (non-hydrogen) atoms. The lowest BCUT2D eigenvalue weighted by Gasteiger charge is -2.40. The maximum Gasteiger partial charge on any atom is 0.309 e. The van der Waals surface area contributed by atoms with Crippen LogP contribution in [0.5, 0.6) is 11.5 Å². The van der Waals surface area contributed by atoms with Crippen LogP contribution >= 0.6 is 0 Å². The zero-order valence-corrected chi connectivity index (χ0v) is 15.7. The molecular formula is C22H26O4. The second-order valence-corrected chi connectivity index (χ2v) is 7.64. The second kappa shape index (κ2) is 7.81. The molecule has 1 saturated carbocycles. The average molecular weight is 354 g/mol. The number of carbonyl (C=O) groups is 1. The zero-order valence-electron chi connectivity index (χ0n) is 15.7. The quantitative estimate of drug-likeness (QED) is 0.673. The summed E-state index contributed by atoms with van der Waals surface area (Å²) in [6.45, 7) is 5.06. The first-order valence-electron chi connectivity index (χ1n) is 8.97. The van der Waals surface area contributed by atoms with Crippen LogP contribution in [0.3, 0.4) is 0 Å². The van der Waals surface area contributed by atoms with Crippen molar-refractivity contribution in [1.82, 2.24) is 0 Å². The Morgan fingerprint density at radius 2 is 1.73 bits per heavy atom. The van der Waals surface area contributed by atoms with Crippen molar-refractivity contribution in [3.8, 4) is 11.5 Å². The van der Waals surface area contributed by atoms with Crippen LogP contribution in [-0.2, 0) is 22.7 Å². The van der Waals surface area contributed by atoms with Gasteiger partial charge < -0.3 is 14.2 Å². The minimum absolute atomic E-state index is 0.0389. The van der Waals surface area contributed by atoms with Gasteiger partial charge in [-0.25, -0.2) is 0 Å². The Hall–Kier alpha value is -2.49. The largest absolute Gasteiger partial charge is 0.493 e. The maximum absolute atomic E-state index is 12.1. The highest BCUT2D eigenvalue weighted by Gasteiger charge is 2.41. The van der Waals surface area contributed by atoms with Crippen LogP contribution < -0.4 is 9.47 Å². The van der Waals surface area contributed by atoms with Gasteiger partial charge in [-0.2, -0.15) is 0 Å². The molecule has 2 aromatic rings. The number of esters is 1. The van der Waals surface area contributed by atoms with Crippen molar-refractivity contribution in [3.05, 3.63) is 59.7 Å². The third-order valence-corrected chi connectivity index (χ3v) is 4.78. The molecule has 0 heterocycles. The monoisotopic (exact) mass is 354 g/mol. The van der Waals surface area contributed by atoms with Gasteiger partial charge in [0.15, 0.2) is 11.5 Å². The Morgan fingerprint density at radius 3 is 2.38 bits per heavy atom. The molecule has 3 rings (SSSR count). The van der Waals surface area contributed by atoms with E-state index in [1.165, 1.54) is 0 Å². The molecule has 1 fully saturated rings. The number of benzene rings is 2. The number of hydrogen-bond donors (Lipinski definition) is 0. The van der Waals surface area contributed by atoms with Crippen LogP contribution in [0.15, 0.2) is 48.5 Å². The van der Waals surface area contributed by atoms with E-state index in [1.54, 1.807) is 7.11 Å². The minimum atomic E-state index is -0.105. The smallest absolute Gasteiger partial charge is 0.309 e. The van der Waals surface area contributed by atoms with E-state index in [1.807, 2.05) is 48.5 Å². The molecule has 1 aliphatic rings. The van der Waals surface area contributed by atoms with Crippen LogP contribution in [0.2, 0.25) is 0 Å². The summed E-state index contributed by atoms with van der Waals surface area (Å²) >= 11 is 0. The number of methoxy groups -OCH3 is 1. The Labute approximate surface area is 155 Å². The van der Waals surface area contributed by atoms with E-state index in [4.69, 9.17) is 14.2 Å². The third-order valence-electron chi connectivity index (χ3n) is 4.78. The van der Waals surface area contributed by atoms with E-state index in [-0.39, 0.29) is 23.9 Å². The Bertz CT molecular complexity index is 744. The fraction of sp³-hybridized carbons (Fsp3) is 0.409. The van der Waals surface area contributed by atoms with Crippen LogP contribution in [0.25, 0.3) is 0 Å². The SMILES string of the molecule is COc1ccc(COC(=O)C2CC(C)(C)C2)cc1OCc1ccccc1. The second-order valence-electron chi connectivity index (χ2n) is 7.64. The minimum Gasteiger partial charge on any atom is -0.493 e. The molecular weight excluding hydrogens is 328 g/mol. The fourth-order valence-electron chi connectivity index (χ4n) is 3.37. The van der Waals surface area contributed by atoms with Crippen molar-refractivity contribution in [1.29, 1.82) is 0 Å². The highest BCUT2D eigenvalue weighted by molar-refractivity contribution is 5.73. The molecule has 1 aliphatic carbocycles. The molecule has 2 aromatic carbocycles. The summed E-state index contributed by atoms with van der Waals surface area (Å²) in [7, 11) is 1.61. The van der Waals surface area contributed by atoms with E-state index in [9.17, 15) is 4.79 Å². The van der Waals surface area contributed by atoms with Gasteiger partial charge in [0.1, 0.15) is 13.2 Å². The molecule has 0 atom stereocenters. The van der Waals surface area contributed by atoms with Gasteiger partial charge in [-0.15, -0.1) is 0 Å². The molecule has 0 spiro atoms. The summed E-state index contributed by atoms with van der Waals surface area (Å²) in [5.41, 5.74) is 2.24. The lowest BCUT2D eigenvalue weighted by atomic mass is 9.64. The van der Waals surface area contributed by atoms with E-state index in [2.05, 4.69) is 13.8 Å². The van der Waals surface area contributed by atoms with E-state index >= 15 is 0 Å². The molecule has 4 heteroatoms. The van der Waals surface area contributed by atoms with Gasteiger partial charge in [-0.1, -0.05) is 50.2 Å². The van der Waals surface area contributed by atoms with Gasteiger partial charge in [0.2, 0.25) is 0 Å². The standard InChI is InChI=1S/C22H26O4/c1-22(2)12-18(13-22)21(23)26-15-17-9-10-19(24-3)20(11-17)25-14-16-7-5-4-6-8-16/h4-11,18H,12-15H2,1-3H3. The summed E-state index contributed by atoms with van der Waals surface area (Å²) in [4.78, 5) is 12.1. The number of carbonyl (C=O) groups excluding carboxylic acids is 1. The molecule has 0 aliphatic heterocycles. The number of rotatable bonds is 7. The third kappa shape index (κ3) is 4.57. The first-order valence-corrected chi connectivity index (χ1v) is 8.97. The summed E-state index contributed by atoms with van der Waals surface area (Å²) in [5, 5.41) is 0. The fourth-order valence-corrected chi connectivity index (χ4v) is 3.37. The molecule has 0 N–H and O–H groups in total. The molecule has 0 aromatic heterocycles. The molecule has 138 valence electrons.